The van der Waals surface area contributed by atoms with E-state index in [4.69, 9.17) is 11.6 Å². The summed E-state index contributed by atoms with van der Waals surface area (Å²) in [6, 6.07) is 11.3. The predicted octanol–water partition coefficient (Wildman–Crippen LogP) is 4.76. The number of piperidine rings is 1. The van der Waals surface area contributed by atoms with Crippen LogP contribution in [0.2, 0.25) is 5.02 Å². The van der Waals surface area contributed by atoms with Crippen LogP contribution in [0.25, 0.3) is 0 Å². The van der Waals surface area contributed by atoms with Crippen LogP contribution in [0, 0.1) is 26.7 Å². The Morgan fingerprint density at radius 1 is 1.11 bits per heavy atom. The molecule has 0 unspecified atom stereocenters. The molecule has 1 fully saturated rings. The molecule has 0 spiro atoms. The standard InChI is InChI=1S/C22H25ClN2O2/c1-14-10-15(2)12-18(11-14)22(27)25-9-5-6-17(13-25)21(26)24-20-8-4-7-19(23)16(20)3/h4,7-8,10-12,17H,5-6,9,13H2,1-3H3,(H,24,26)/t17-/m1/s1. The third kappa shape index (κ3) is 4.51. The number of hydrogen-bond acceptors (Lipinski definition) is 2. The van der Waals surface area contributed by atoms with Crippen LogP contribution in [0.3, 0.4) is 0 Å². The zero-order valence-corrected chi connectivity index (χ0v) is 16.8. The van der Waals surface area contributed by atoms with Crippen molar-refractivity contribution in [3.63, 3.8) is 0 Å². The van der Waals surface area contributed by atoms with E-state index in [1.165, 1.54) is 0 Å². The summed E-state index contributed by atoms with van der Waals surface area (Å²) in [5, 5.41) is 3.60. The van der Waals surface area contributed by atoms with Crippen LogP contribution < -0.4 is 5.32 Å². The maximum Gasteiger partial charge on any atom is 0.253 e. The Labute approximate surface area is 165 Å². The van der Waals surface area contributed by atoms with Gasteiger partial charge in [0.15, 0.2) is 0 Å². The number of halogens is 1. The Morgan fingerprint density at radius 2 is 1.81 bits per heavy atom. The van der Waals surface area contributed by atoms with Crippen LogP contribution in [0.4, 0.5) is 5.69 Å². The first-order valence-corrected chi connectivity index (χ1v) is 9.66. The second kappa shape index (κ2) is 8.13. The van der Waals surface area contributed by atoms with Gasteiger partial charge in [0.25, 0.3) is 5.91 Å². The van der Waals surface area contributed by atoms with Crippen LogP contribution in [-0.2, 0) is 4.79 Å². The minimum absolute atomic E-state index is 0.00163. The van der Waals surface area contributed by atoms with E-state index < -0.39 is 0 Å². The van der Waals surface area contributed by atoms with Crippen molar-refractivity contribution in [2.75, 3.05) is 18.4 Å². The number of aryl methyl sites for hydroxylation is 2. The first-order valence-electron chi connectivity index (χ1n) is 9.28. The van der Waals surface area contributed by atoms with E-state index in [1.54, 1.807) is 11.0 Å². The van der Waals surface area contributed by atoms with Crippen LogP contribution in [0.15, 0.2) is 36.4 Å². The number of rotatable bonds is 3. The Balaban J connectivity index is 1.70. The molecule has 0 aromatic heterocycles. The largest absolute Gasteiger partial charge is 0.338 e. The molecule has 3 rings (SSSR count). The molecule has 0 saturated carbocycles. The molecule has 5 heteroatoms. The summed E-state index contributed by atoms with van der Waals surface area (Å²) < 4.78 is 0. The lowest BCUT2D eigenvalue weighted by atomic mass is 9.95. The first kappa shape index (κ1) is 19.4. The number of carbonyl (C=O) groups is 2. The van der Waals surface area contributed by atoms with Gasteiger partial charge in [-0.2, -0.15) is 0 Å². The fourth-order valence-corrected chi connectivity index (χ4v) is 3.81. The molecule has 1 N–H and O–H groups in total. The SMILES string of the molecule is Cc1cc(C)cc(C(=O)N2CCC[C@@H](C(=O)Nc3cccc(Cl)c3C)C2)c1. The van der Waals surface area contributed by atoms with E-state index >= 15 is 0 Å². The van der Waals surface area contributed by atoms with Crippen LogP contribution in [0.5, 0.6) is 0 Å². The maximum absolute atomic E-state index is 12.9. The van der Waals surface area contributed by atoms with Gasteiger partial charge in [-0.15, -0.1) is 0 Å². The summed E-state index contributed by atoms with van der Waals surface area (Å²) in [5.74, 6) is -0.275. The third-order valence-corrected chi connectivity index (χ3v) is 5.48. The summed E-state index contributed by atoms with van der Waals surface area (Å²) in [6.07, 6.45) is 1.60. The fourth-order valence-electron chi connectivity index (χ4n) is 3.63. The van der Waals surface area contributed by atoms with Gasteiger partial charge >= 0.3 is 0 Å². The normalized spacial score (nSPS) is 16.9. The quantitative estimate of drug-likeness (QED) is 0.829. The van der Waals surface area contributed by atoms with E-state index in [0.29, 0.717) is 23.7 Å². The second-order valence-electron chi connectivity index (χ2n) is 7.37. The van der Waals surface area contributed by atoms with E-state index in [9.17, 15) is 9.59 Å². The van der Waals surface area contributed by atoms with E-state index in [0.717, 1.165) is 35.2 Å². The first-order chi connectivity index (χ1) is 12.8. The predicted molar refractivity (Wildman–Crippen MR) is 109 cm³/mol. The summed E-state index contributed by atoms with van der Waals surface area (Å²) in [4.78, 5) is 27.5. The fraction of sp³-hybridized carbons (Fsp3) is 0.364. The van der Waals surface area contributed by atoms with Crippen molar-refractivity contribution >= 4 is 29.1 Å². The molecule has 1 aliphatic heterocycles. The van der Waals surface area contributed by atoms with Crippen molar-refractivity contribution in [1.29, 1.82) is 0 Å². The molecule has 142 valence electrons. The van der Waals surface area contributed by atoms with Gasteiger partial charge in [-0.05, 0) is 63.4 Å². The molecule has 0 bridgehead atoms. The number of nitrogens with zero attached hydrogens (tertiary/aromatic N) is 1. The van der Waals surface area contributed by atoms with Gasteiger partial charge in [-0.25, -0.2) is 0 Å². The Bertz CT molecular complexity index is 858. The average molecular weight is 385 g/mol. The van der Waals surface area contributed by atoms with Gasteiger partial charge < -0.3 is 10.2 Å². The molecule has 1 atom stereocenters. The maximum atomic E-state index is 12.9. The van der Waals surface area contributed by atoms with Crippen molar-refractivity contribution in [2.24, 2.45) is 5.92 Å². The van der Waals surface area contributed by atoms with Crippen molar-refractivity contribution in [3.05, 3.63) is 63.7 Å². The number of carbonyl (C=O) groups excluding carboxylic acids is 2. The number of benzene rings is 2. The molecule has 1 aliphatic rings. The summed E-state index contributed by atoms with van der Waals surface area (Å²) in [6.45, 7) is 6.99. The van der Waals surface area contributed by atoms with Crippen molar-refractivity contribution in [1.82, 2.24) is 4.90 Å². The second-order valence-corrected chi connectivity index (χ2v) is 7.78. The van der Waals surface area contributed by atoms with Gasteiger partial charge in [0.2, 0.25) is 5.91 Å². The lowest BCUT2D eigenvalue weighted by Gasteiger charge is -2.32. The highest BCUT2D eigenvalue weighted by atomic mass is 35.5. The molecule has 2 amide bonds. The molecule has 0 radical (unpaired) electrons. The van der Waals surface area contributed by atoms with Crippen LogP contribution in [-0.4, -0.2) is 29.8 Å². The van der Waals surface area contributed by atoms with Gasteiger partial charge in [0.1, 0.15) is 0 Å². The van der Waals surface area contributed by atoms with Gasteiger partial charge in [-0.3, -0.25) is 9.59 Å². The minimum Gasteiger partial charge on any atom is -0.338 e. The van der Waals surface area contributed by atoms with E-state index in [2.05, 4.69) is 11.4 Å². The van der Waals surface area contributed by atoms with Gasteiger partial charge in [0.05, 0.1) is 5.92 Å². The average Bonchev–Trinajstić information content (AvgIpc) is 2.64. The smallest absolute Gasteiger partial charge is 0.253 e. The highest BCUT2D eigenvalue weighted by molar-refractivity contribution is 6.31. The molecular formula is C22H25ClN2O2. The van der Waals surface area contributed by atoms with E-state index in [1.807, 2.05) is 45.0 Å². The topological polar surface area (TPSA) is 49.4 Å². The Kier molecular flexibility index (Phi) is 5.85. The molecule has 0 aliphatic carbocycles. The lowest BCUT2D eigenvalue weighted by Crippen LogP contribution is -2.43. The van der Waals surface area contributed by atoms with Crippen molar-refractivity contribution < 1.29 is 9.59 Å². The molecule has 1 saturated heterocycles. The number of nitrogens with one attached hydrogen (secondary N) is 1. The third-order valence-electron chi connectivity index (χ3n) is 5.07. The highest BCUT2D eigenvalue weighted by Crippen LogP contribution is 2.25. The molecular weight excluding hydrogens is 360 g/mol. The molecule has 2 aromatic carbocycles. The minimum atomic E-state index is -0.216. The zero-order valence-electron chi connectivity index (χ0n) is 16.0. The Morgan fingerprint density at radius 3 is 2.52 bits per heavy atom. The number of anilines is 1. The molecule has 2 aromatic rings. The Hall–Kier alpha value is -2.33. The van der Waals surface area contributed by atoms with E-state index in [-0.39, 0.29) is 17.7 Å². The number of hydrogen-bond donors (Lipinski definition) is 1. The van der Waals surface area contributed by atoms with Gasteiger partial charge in [-0.1, -0.05) is 34.9 Å². The zero-order chi connectivity index (χ0) is 19.6. The number of amides is 2. The van der Waals surface area contributed by atoms with Gasteiger partial charge in [0, 0.05) is 29.4 Å². The molecule has 1 heterocycles. The lowest BCUT2D eigenvalue weighted by molar-refractivity contribution is -0.121. The van der Waals surface area contributed by atoms with Crippen LogP contribution in [0.1, 0.15) is 39.9 Å². The molecule has 27 heavy (non-hydrogen) atoms. The monoisotopic (exact) mass is 384 g/mol. The summed E-state index contributed by atoms with van der Waals surface area (Å²) in [7, 11) is 0. The summed E-state index contributed by atoms with van der Waals surface area (Å²) in [5.41, 5.74) is 4.41. The highest BCUT2D eigenvalue weighted by Gasteiger charge is 2.29. The van der Waals surface area contributed by atoms with Crippen molar-refractivity contribution in [3.8, 4) is 0 Å². The van der Waals surface area contributed by atoms with Crippen LogP contribution >= 0.6 is 11.6 Å². The molecule has 4 nitrogen and oxygen atoms in total. The number of likely N-dealkylation sites (tertiary alicyclic amines) is 1. The van der Waals surface area contributed by atoms with Crippen molar-refractivity contribution in [2.45, 2.75) is 33.6 Å². The summed E-state index contributed by atoms with van der Waals surface area (Å²) >= 11 is 6.14.